The van der Waals surface area contributed by atoms with Crippen molar-refractivity contribution in [3.63, 3.8) is 0 Å². The van der Waals surface area contributed by atoms with Crippen LogP contribution < -0.4 is 0 Å². The highest BCUT2D eigenvalue weighted by molar-refractivity contribution is 6.15. The quantitative estimate of drug-likeness (QED) is 0.223. The summed E-state index contributed by atoms with van der Waals surface area (Å²) in [4.78, 5) is 19.8. The molecule has 4 heterocycles. The third-order valence-corrected chi connectivity index (χ3v) is 7.62. The maximum absolute atomic E-state index is 5.23. The Kier molecular flexibility index (Phi) is 5.10. The van der Waals surface area contributed by atoms with Gasteiger partial charge in [0.2, 0.25) is 0 Å². The van der Waals surface area contributed by atoms with Gasteiger partial charge in [0.25, 0.3) is 0 Å². The molecule has 8 aromatic rings. The van der Waals surface area contributed by atoms with Gasteiger partial charge in [0.15, 0.2) is 0 Å². The molecule has 0 radical (unpaired) electrons. The summed E-state index contributed by atoms with van der Waals surface area (Å²) in [6, 6.07) is 39.7. The molecule has 0 atom stereocenters. The summed E-state index contributed by atoms with van der Waals surface area (Å²) < 4.78 is 0. The molecule has 0 aliphatic rings. The molecule has 0 amide bonds. The maximum atomic E-state index is 5.23. The predicted octanol–water partition coefficient (Wildman–Crippen LogP) is 8.88. The molecule has 4 nitrogen and oxygen atoms in total. The topological polar surface area (TPSA) is 51.6 Å². The van der Waals surface area contributed by atoms with Crippen molar-refractivity contribution in [2.45, 2.75) is 0 Å². The van der Waals surface area contributed by atoms with Crippen molar-refractivity contribution in [3.8, 4) is 33.8 Å². The van der Waals surface area contributed by atoms with E-state index < -0.39 is 0 Å². The van der Waals surface area contributed by atoms with E-state index >= 15 is 0 Å². The van der Waals surface area contributed by atoms with Crippen molar-refractivity contribution in [2.24, 2.45) is 0 Å². The monoisotopic (exact) mass is 510 g/mol. The molecule has 4 aromatic carbocycles. The zero-order valence-corrected chi connectivity index (χ0v) is 21.5. The summed E-state index contributed by atoms with van der Waals surface area (Å²) in [5, 5.41) is 6.58. The van der Waals surface area contributed by atoms with Crippen molar-refractivity contribution in [1.82, 2.24) is 19.9 Å². The molecule has 40 heavy (non-hydrogen) atoms. The van der Waals surface area contributed by atoms with Crippen LogP contribution in [0.3, 0.4) is 0 Å². The Morgan fingerprint density at radius 2 is 0.975 bits per heavy atom. The van der Waals surface area contributed by atoms with Gasteiger partial charge >= 0.3 is 0 Å². The Morgan fingerprint density at radius 3 is 1.68 bits per heavy atom. The maximum Gasteiger partial charge on any atom is 0.0979 e. The smallest absolute Gasteiger partial charge is 0.0979 e. The third-order valence-electron chi connectivity index (χ3n) is 7.62. The second-order valence-corrected chi connectivity index (χ2v) is 9.90. The molecule has 0 aliphatic carbocycles. The first-order valence-electron chi connectivity index (χ1n) is 13.3. The Morgan fingerprint density at radius 1 is 0.400 bits per heavy atom. The van der Waals surface area contributed by atoms with Crippen LogP contribution in [-0.4, -0.2) is 19.9 Å². The highest BCUT2D eigenvalue weighted by atomic mass is 14.8. The zero-order chi connectivity index (χ0) is 26.5. The van der Waals surface area contributed by atoms with Crippen LogP contribution in [0, 0.1) is 0 Å². The summed E-state index contributed by atoms with van der Waals surface area (Å²) in [6.07, 6.45) is 5.63. The second kappa shape index (κ2) is 9.07. The van der Waals surface area contributed by atoms with Crippen LogP contribution in [-0.2, 0) is 0 Å². The average molecular weight is 511 g/mol. The molecular weight excluding hydrogens is 488 g/mol. The minimum atomic E-state index is 0.851. The summed E-state index contributed by atoms with van der Waals surface area (Å²) in [6.45, 7) is 0. The minimum Gasteiger partial charge on any atom is -0.256 e. The fraction of sp³-hybridized carbons (Fsp3) is 0. The molecule has 0 fully saturated rings. The molecule has 0 unspecified atom stereocenters. The average Bonchev–Trinajstić information content (AvgIpc) is 3.04. The fourth-order valence-corrected chi connectivity index (χ4v) is 5.73. The van der Waals surface area contributed by atoms with Gasteiger partial charge in [-0.1, -0.05) is 91.0 Å². The molecule has 0 spiro atoms. The minimum absolute atomic E-state index is 0.851. The predicted molar refractivity (Wildman–Crippen MR) is 164 cm³/mol. The van der Waals surface area contributed by atoms with Gasteiger partial charge in [-0.05, 0) is 35.0 Å². The highest BCUT2D eigenvalue weighted by Crippen LogP contribution is 2.39. The Balaban J connectivity index is 1.48. The molecule has 0 saturated heterocycles. The van der Waals surface area contributed by atoms with E-state index in [1.165, 1.54) is 0 Å². The van der Waals surface area contributed by atoms with E-state index in [4.69, 9.17) is 19.9 Å². The molecule has 4 aromatic heterocycles. The highest BCUT2D eigenvalue weighted by Gasteiger charge is 2.18. The molecule has 4 heteroatoms. The molecule has 8 rings (SSSR count). The number of hydrogen-bond acceptors (Lipinski definition) is 4. The van der Waals surface area contributed by atoms with Crippen LogP contribution in [0.1, 0.15) is 0 Å². The second-order valence-electron chi connectivity index (χ2n) is 9.90. The first-order chi connectivity index (χ1) is 19.8. The normalized spacial score (nSPS) is 11.5. The van der Waals surface area contributed by atoms with Crippen molar-refractivity contribution in [1.29, 1.82) is 0 Å². The summed E-state index contributed by atoms with van der Waals surface area (Å²) in [7, 11) is 0. The molecule has 0 aliphatic heterocycles. The number of rotatable bonds is 3. The van der Waals surface area contributed by atoms with Gasteiger partial charge in [-0.15, -0.1) is 0 Å². The molecule has 186 valence electrons. The van der Waals surface area contributed by atoms with E-state index in [2.05, 4.69) is 97.1 Å². The number of nitrogens with zero attached hydrogens (tertiary/aromatic N) is 4. The summed E-state index contributed by atoms with van der Waals surface area (Å²) in [5.41, 5.74) is 7.61. The van der Waals surface area contributed by atoms with Gasteiger partial charge in [0, 0.05) is 56.8 Å². The van der Waals surface area contributed by atoms with Gasteiger partial charge in [-0.2, -0.15) is 0 Å². The van der Waals surface area contributed by atoms with Crippen molar-refractivity contribution in [3.05, 3.63) is 134 Å². The molecular formula is C36H22N4. The van der Waals surface area contributed by atoms with Gasteiger partial charge < -0.3 is 0 Å². The lowest BCUT2D eigenvalue weighted by Gasteiger charge is -2.14. The lowest BCUT2D eigenvalue weighted by molar-refractivity contribution is 1.33. The van der Waals surface area contributed by atoms with E-state index in [-0.39, 0.29) is 0 Å². The fourth-order valence-electron chi connectivity index (χ4n) is 5.73. The Bertz CT molecular complexity index is 2210. The zero-order valence-electron chi connectivity index (χ0n) is 21.5. The number of fused-ring (bicyclic) bond motifs is 5. The number of hydrogen-bond donors (Lipinski definition) is 0. The van der Waals surface area contributed by atoms with Crippen LogP contribution in [0.4, 0.5) is 0 Å². The van der Waals surface area contributed by atoms with Crippen LogP contribution in [0.25, 0.3) is 77.1 Å². The van der Waals surface area contributed by atoms with Gasteiger partial charge in [-0.3, -0.25) is 15.0 Å². The molecule has 0 N–H and O–H groups in total. The van der Waals surface area contributed by atoms with Crippen molar-refractivity contribution in [2.75, 3.05) is 0 Å². The summed E-state index contributed by atoms with van der Waals surface area (Å²) >= 11 is 0. The van der Waals surface area contributed by atoms with Crippen LogP contribution in [0.2, 0.25) is 0 Å². The van der Waals surface area contributed by atoms with Gasteiger partial charge in [0.05, 0.1) is 28.1 Å². The third kappa shape index (κ3) is 3.54. The number of aromatic nitrogens is 4. The molecule has 0 bridgehead atoms. The van der Waals surface area contributed by atoms with E-state index in [0.29, 0.717) is 0 Å². The van der Waals surface area contributed by atoms with Crippen LogP contribution in [0.5, 0.6) is 0 Å². The first kappa shape index (κ1) is 22.5. The van der Waals surface area contributed by atoms with Gasteiger partial charge in [0.1, 0.15) is 0 Å². The SMILES string of the molecule is c1ccc(-c2cc(-c3nccc4ccccc34)c3ccc4c(-c5nccc6ccccc56)ccnc4c3n2)cc1. The Labute approximate surface area is 230 Å². The Hall–Kier alpha value is -5.48. The number of pyridine rings is 4. The lowest BCUT2D eigenvalue weighted by Crippen LogP contribution is -1.95. The number of benzene rings is 4. The van der Waals surface area contributed by atoms with Crippen LogP contribution >= 0.6 is 0 Å². The van der Waals surface area contributed by atoms with Crippen molar-refractivity contribution < 1.29 is 0 Å². The van der Waals surface area contributed by atoms with E-state index in [1.807, 2.05) is 36.8 Å². The van der Waals surface area contributed by atoms with Crippen LogP contribution in [0.15, 0.2) is 134 Å². The van der Waals surface area contributed by atoms with E-state index in [9.17, 15) is 0 Å². The largest absolute Gasteiger partial charge is 0.256 e. The van der Waals surface area contributed by atoms with Gasteiger partial charge in [-0.25, -0.2) is 4.98 Å². The first-order valence-corrected chi connectivity index (χ1v) is 13.3. The lowest BCUT2D eigenvalue weighted by atomic mass is 9.95. The van der Waals surface area contributed by atoms with Crippen molar-refractivity contribution >= 4 is 43.4 Å². The van der Waals surface area contributed by atoms with E-state index in [1.54, 1.807) is 0 Å². The summed E-state index contributed by atoms with van der Waals surface area (Å²) in [5.74, 6) is 0. The standard InChI is InChI=1S/C36H22N4/c1-2-10-25(11-3-1)32-22-31(34-27-13-7-5-9-24(27)17-20-38-34)29-15-14-28-30(18-21-39-35(28)36(29)40-32)33-26-12-6-4-8-23(26)16-19-37-33/h1-22H. The molecule has 0 saturated carbocycles. The van der Waals surface area contributed by atoms with E-state index in [0.717, 1.165) is 77.1 Å².